The standard InChI is InChI=1S/C16H14FN5O3S/c1-25-12-7-10(17)4-5-11(12)15-20-14(21-16(18)22-15)9-3-6-13(19-8-9)26(2,23)24/h3-8H,1-2H3,(H2,18,20,21,22). The molecule has 2 N–H and O–H groups in total. The van der Waals surface area contributed by atoms with Crippen LogP contribution < -0.4 is 10.5 Å². The fraction of sp³-hybridized carbons (Fsp3) is 0.125. The number of rotatable bonds is 4. The van der Waals surface area contributed by atoms with Crippen molar-refractivity contribution < 1.29 is 17.5 Å². The molecule has 0 saturated carbocycles. The maximum Gasteiger partial charge on any atom is 0.224 e. The van der Waals surface area contributed by atoms with E-state index in [1.54, 1.807) is 0 Å². The van der Waals surface area contributed by atoms with E-state index in [1.165, 1.54) is 43.6 Å². The summed E-state index contributed by atoms with van der Waals surface area (Å²) in [6, 6.07) is 6.79. The first kappa shape index (κ1) is 17.7. The Balaban J connectivity index is 2.09. The van der Waals surface area contributed by atoms with Crippen molar-refractivity contribution in [3.63, 3.8) is 0 Å². The zero-order chi connectivity index (χ0) is 18.9. The van der Waals surface area contributed by atoms with Crippen molar-refractivity contribution in [2.45, 2.75) is 5.03 Å². The number of methoxy groups -OCH3 is 1. The van der Waals surface area contributed by atoms with Crippen molar-refractivity contribution in [3.8, 4) is 28.5 Å². The van der Waals surface area contributed by atoms with Gasteiger partial charge in [0.15, 0.2) is 26.5 Å². The third-order valence-corrected chi connectivity index (χ3v) is 4.43. The molecule has 0 fully saturated rings. The summed E-state index contributed by atoms with van der Waals surface area (Å²) in [4.78, 5) is 16.3. The van der Waals surface area contributed by atoms with Crippen molar-refractivity contribution in [1.82, 2.24) is 19.9 Å². The van der Waals surface area contributed by atoms with E-state index in [4.69, 9.17) is 10.5 Å². The van der Waals surface area contributed by atoms with Gasteiger partial charge in [-0.3, -0.25) is 0 Å². The molecule has 0 amide bonds. The number of aromatic nitrogens is 4. The molecular formula is C16H14FN5O3S. The molecule has 8 nitrogen and oxygen atoms in total. The minimum absolute atomic E-state index is 0.0523. The molecule has 3 aromatic rings. The van der Waals surface area contributed by atoms with E-state index in [-0.39, 0.29) is 28.4 Å². The number of anilines is 1. The maximum atomic E-state index is 13.4. The lowest BCUT2D eigenvalue weighted by atomic mass is 10.1. The van der Waals surface area contributed by atoms with Gasteiger partial charge in [0, 0.05) is 24.1 Å². The van der Waals surface area contributed by atoms with Crippen LogP contribution in [0.15, 0.2) is 41.6 Å². The third-order valence-electron chi connectivity index (χ3n) is 3.43. The van der Waals surface area contributed by atoms with Crippen LogP contribution in [0.5, 0.6) is 5.75 Å². The molecular weight excluding hydrogens is 361 g/mol. The highest BCUT2D eigenvalue weighted by Crippen LogP contribution is 2.29. The van der Waals surface area contributed by atoms with Crippen LogP contribution in [-0.4, -0.2) is 41.7 Å². The van der Waals surface area contributed by atoms with E-state index in [0.717, 1.165) is 6.26 Å². The highest BCUT2D eigenvalue weighted by Gasteiger charge is 2.15. The lowest BCUT2D eigenvalue weighted by molar-refractivity contribution is 0.412. The second-order valence-corrected chi connectivity index (χ2v) is 7.31. The van der Waals surface area contributed by atoms with E-state index in [0.29, 0.717) is 11.1 Å². The first-order valence-corrected chi connectivity index (χ1v) is 9.19. The summed E-state index contributed by atoms with van der Waals surface area (Å²) < 4.78 is 41.6. The maximum absolute atomic E-state index is 13.4. The van der Waals surface area contributed by atoms with Crippen molar-refractivity contribution in [2.75, 3.05) is 19.1 Å². The molecule has 0 aliphatic carbocycles. The average molecular weight is 375 g/mol. The Morgan fingerprint density at radius 3 is 2.42 bits per heavy atom. The fourth-order valence-electron chi connectivity index (χ4n) is 2.22. The molecule has 134 valence electrons. The predicted octanol–water partition coefficient (Wildman–Crippen LogP) is 1.73. The smallest absolute Gasteiger partial charge is 0.224 e. The van der Waals surface area contributed by atoms with Crippen LogP contribution in [0.3, 0.4) is 0 Å². The summed E-state index contributed by atoms with van der Waals surface area (Å²) in [5, 5.41) is -0.0660. The number of hydrogen-bond donors (Lipinski definition) is 1. The Bertz CT molecular complexity index is 1070. The Hall–Kier alpha value is -3.14. The molecule has 0 bridgehead atoms. The van der Waals surface area contributed by atoms with E-state index >= 15 is 0 Å². The van der Waals surface area contributed by atoms with Crippen LogP contribution in [-0.2, 0) is 9.84 Å². The number of halogens is 1. The van der Waals surface area contributed by atoms with Gasteiger partial charge in [0.05, 0.1) is 12.7 Å². The summed E-state index contributed by atoms with van der Waals surface area (Å²) in [5.41, 5.74) is 6.65. The highest BCUT2D eigenvalue weighted by molar-refractivity contribution is 7.90. The molecule has 26 heavy (non-hydrogen) atoms. The molecule has 10 heteroatoms. The Labute approximate surface area is 148 Å². The Morgan fingerprint density at radius 2 is 1.81 bits per heavy atom. The van der Waals surface area contributed by atoms with Crippen LogP contribution in [0, 0.1) is 5.82 Å². The third kappa shape index (κ3) is 3.59. The molecule has 0 aliphatic rings. The molecule has 1 aromatic carbocycles. The zero-order valence-corrected chi connectivity index (χ0v) is 14.7. The summed E-state index contributed by atoms with van der Waals surface area (Å²) in [5.74, 6) is 0.118. The van der Waals surface area contributed by atoms with E-state index in [2.05, 4.69) is 19.9 Å². The number of ether oxygens (including phenoxy) is 1. The number of benzene rings is 1. The zero-order valence-electron chi connectivity index (χ0n) is 13.8. The summed E-state index contributed by atoms with van der Waals surface area (Å²) in [7, 11) is -2.01. The van der Waals surface area contributed by atoms with Gasteiger partial charge in [-0.15, -0.1) is 0 Å². The van der Waals surface area contributed by atoms with E-state index < -0.39 is 15.7 Å². The molecule has 0 aliphatic heterocycles. The van der Waals surface area contributed by atoms with Gasteiger partial charge >= 0.3 is 0 Å². The minimum atomic E-state index is -3.42. The van der Waals surface area contributed by atoms with Gasteiger partial charge in [-0.2, -0.15) is 9.97 Å². The number of nitrogens with two attached hydrogens (primary N) is 1. The normalized spacial score (nSPS) is 11.3. The highest BCUT2D eigenvalue weighted by atomic mass is 32.2. The molecule has 0 saturated heterocycles. The van der Waals surface area contributed by atoms with Gasteiger partial charge in [0.25, 0.3) is 0 Å². The Kier molecular flexibility index (Phi) is 4.51. The predicted molar refractivity (Wildman–Crippen MR) is 92.5 cm³/mol. The van der Waals surface area contributed by atoms with Gasteiger partial charge in [-0.05, 0) is 24.3 Å². The number of sulfone groups is 1. The summed E-state index contributed by atoms with van der Waals surface area (Å²) in [6.07, 6.45) is 2.39. The second kappa shape index (κ2) is 6.64. The van der Waals surface area contributed by atoms with E-state index in [1.807, 2.05) is 0 Å². The first-order valence-electron chi connectivity index (χ1n) is 7.30. The molecule has 2 aromatic heterocycles. The van der Waals surface area contributed by atoms with Gasteiger partial charge in [-0.1, -0.05) is 0 Å². The molecule has 0 atom stereocenters. The van der Waals surface area contributed by atoms with Crippen LogP contribution >= 0.6 is 0 Å². The van der Waals surface area contributed by atoms with Crippen LogP contribution in [0.4, 0.5) is 10.3 Å². The second-order valence-electron chi connectivity index (χ2n) is 5.34. The number of nitrogens with zero attached hydrogens (tertiary/aromatic N) is 4. The number of nitrogen functional groups attached to an aromatic ring is 1. The molecule has 0 unspecified atom stereocenters. The van der Waals surface area contributed by atoms with Crippen LogP contribution in [0.2, 0.25) is 0 Å². The van der Waals surface area contributed by atoms with Crippen molar-refractivity contribution in [2.24, 2.45) is 0 Å². The number of hydrogen-bond acceptors (Lipinski definition) is 8. The minimum Gasteiger partial charge on any atom is -0.496 e. The molecule has 0 spiro atoms. The number of pyridine rings is 1. The summed E-state index contributed by atoms with van der Waals surface area (Å²) >= 11 is 0. The lowest BCUT2D eigenvalue weighted by Gasteiger charge is -2.09. The monoisotopic (exact) mass is 375 g/mol. The molecule has 2 heterocycles. The SMILES string of the molecule is COc1cc(F)ccc1-c1nc(N)nc(-c2ccc(S(C)(=O)=O)nc2)n1. The fourth-order valence-corrected chi connectivity index (χ4v) is 2.78. The van der Waals surface area contributed by atoms with Crippen LogP contribution in [0.1, 0.15) is 0 Å². The average Bonchev–Trinajstić information content (AvgIpc) is 2.60. The lowest BCUT2D eigenvalue weighted by Crippen LogP contribution is -2.04. The van der Waals surface area contributed by atoms with Gasteiger partial charge < -0.3 is 10.5 Å². The van der Waals surface area contributed by atoms with Gasteiger partial charge in [-0.25, -0.2) is 22.8 Å². The Morgan fingerprint density at radius 1 is 1.08 bits per heavy atom. The van der Waals surface area contributed by atoms with Gasteiger partial charge in [0.2, 0.25) is 5.95 Å². The quantitative estimate of drug-likeness (QED) is 0.732. The van der Waals surface area contributed by atoms with Crippen molar-refractivity contribution in [1.29, 1.82) is 0 Å². The molecule has 0 radical (unpaired) electrons. The largest absolute Gasteiger partial charge is 0.496 e. The topological polar surface area (TPSA) is 121 Å². The van der Waals surface area contributed by atoms with E-state index in [9.17, 15) is 12.8 Å². The van der Waals surface area contributed by atoms with Crippen molar-refractivity contribution >= 4 is 15.8 Å². The van der Waals surface area contributed by atoms with Crippen LogP contribution in [0.25, 0.3) is 22.8 Å². The van der Waals surface area contributed by atoms with Crippen molar-refractivity contribution in [3.05, 3.63) is 42.3 Å². The van der Waals surface area contributed by atoms with Gasteiger partial charge in [0.1, 0.15) is 11.6 Å². The summed E-state index contributed by atoms with van der Waals surface area (Å²) in [6.45, 7) is 0. The molecule has 3 rings (SSSR count). The first-order chi connectivity index (χ1) is 12.3.